The normalized spacial score (nSPS) is 12.1. The van der Waals surface area contributed by atoms with Gasteiger partial charge in [0.05, 0.1) is 5.69 Å². The van der Waals surface area contributed by atoms with E-state index in [9.17, 15) is 31.1 Å². The first-order chi connectivity index (χ1) is 14.8. The number of carbonyl (C=O) groups is 1. The molecule has 3 aromatic rings. The Bertz CT molecular complexity index is 1180. The van der Waals surface area contributed by atoms with Crippen LogP contribution < -0.4 is 5.32 Å². The lowest BCUT2D eigenvalue weighted by Crippen LogP contribution is -2.18. The van der Waals surface area contributed by atoms with Crippen LogP contribution >= 0.6 is 0 Å². The number of rotatable bonds is 6. The lowest BCUT2D eigenvalue weighted by molar-refractivity contribution is -0.153. The van der Waals surface area contributed by atoms with Crippen LogP contribution in [0.25, 0.3) is 11.3 Å². The van der Waals surface area contributed by atoms with Crippen LogP contribution in [0.3, 0.4) is 0 Å². The number of anilines is 1. The van der Waals surface area contributed by atoms with Gasteiger partial charge in [-0.15, -0.1) is 6.58 Å². The largest absolute Gasteiger partial charge is 0.452 e. The van der Waals surface area contributed by atoms with Gasteiger partial charge in [-0.2, -0.15) is 27.1 Å². The van der Waals surface area contributed by atoms with E-state index in [4.69, 9.17) is 0 Å². The van der Waals surface area contributed by atoms with Crippen molar-refractivity contribution in [2.24, 2.45) is 7.05 Å². The minimum absolute atomic E-state index is 0.0330. The molecule has 12 heteroatoms. The molecule has 1 amide bonds. The summed E-state index contributed by atoms with van der Waals surface area (Å²) in [5.74, 6) is -7.42. The number of nitrogens with zero attached hydrogens (tertiary/aromatic N) is 3. The van der Waals surface area contributed by atoms with E-state index in [2.05, 4.69) is 26.4 Å². The average molecular weight is 458 g/mol. The number of oxazole rings is 1. The lowest BCUT2D eigenvalue weighted by atomic mass is 10.1. The Morgan fingerprint density at radius 2 is 1.94 bits per heavy atom. The lowest BCUT2D eigenvalue weighted by Gasteiger charge is -2.10. The molecule has 0 atom stereocenters. The Morgan fingerprint density at radius 3 is 2.53 bits per heavy atom. The SMILES string of the molecule is C=CCC(F)(F)c1cc(-c2ccc(NC(=O)c3nc(C)oc3C(F)(F)F)cc2F)n(C)n1. The van der Waals surface area contributed by atoms with Crippen LogP contribution in [0, 0.1) is 12.7 Å². The zero-order valence-corrected chi connectivity index (χ0v) is 16.7. The first-order valence-electron chi connectivity index (χ1n) is 9.02. The minimum atomic E-state index is -4.95. The monoisotopic (exact) mass is 458 g/mol. The first-order valence-corrected chi connectivity index (χ1v) is 9.02. The van der Waals surface area contributed by atoms with E-state index in [1.54, 1.807) is 0 Å². The average Bonchev–Trinajstić information content (AvgIpc) is 3.25. The molecular weight excluding hydrogens is 442 g/mol. The maximum absolute atomic E-state index is 14.7. The molecule has 0 fully saturated rings. The fourth-order valence-electron chi connectivity index (χ4n) is 2.95. The summed E-state index contributed by atoms with van der Waals surface area (Å²) in [4.78, 5) is 15.7. The summed E-state index contributed by atoms with van der Waals surface area (Å²) >= 11 is 0. The fourth-order valence-corrected chi connectivity index (χ4v) is 2.95. The second-order valence-corrected chi connectivity index (χ2v) is 6.79. The topological polar surface area (TPSA) is 73.0 Å². The van der Waals surface area contributed by atoms with Crippen LogP contribution in [-0.2, 0) is 19.1 Å². The minimum Gasteiger partial charge on any atom is -0.436 e. The number of allylic oxidation sites excluding steroid dienone is 1. The highest BCUT2D eigenvalue weighted by Gasteiger charge is 2.41. The summed E-state index contributed by atoms with van der Waals surface area (Å²) < 4.78 is 87.3. The van der Waals surface area contributed by atoms with Crippen molar-refractivity contribution in [2.75, 3.05) is 5.32 Å². The van der Waals surface area contributed by atoms with E-state index >= 15 is 0 Å². The first kappa shape index (κ1) is 23.1. The van der Waals surface area contributed by atoms with Crippen molar-refractivity contribution in [3.05, 3.63) is 65.8 Å². The van der Waals surface area contributed by atoms with Crippen LogP contribution in [0.4, 0.5) is 32.0 Å². The summed E-state index contributed by atoms with van der Waals surface area (Å²) in [6.07, 6.45) is -4.57. The molecule has 170 valence electrons. The summed E-state index contributed by atoms with van der Waals surface area (Å²) in [6.45, 7) is 4.41. The third kappa shape index (κ3) is 4.53. The third-order valence-corrected chi connectivity index (χ3v) is 4.36. The fraction of sp³-hybridized carbons (Fsp3) is 0.250. The van der Waals surface area contributed by atoms with Gasteiger partial charge in [0.1, 0.15) is 11.5 Å². The molecule has 2 aromatic heterocycles. The molecule has 32 heavy (non-hydrogen) atoms. The van der Waals surface area contributed by atoms with Crippen LogP contribution in [0.1, 0.15) is 34.3 Å². The van der Waals surface area contributed by atoms with Gasteiger partial charge >= 0.3 is 6.18 Å². The summed E-state index contributed by atoms with van der Waals surface area (Å²) in [5.41, 5.74) is -1.82. The molecule has 2 heterocycles. The maximum atomic E-state index is 14.7. The Kier molecular flexibility index (Phi) is 5.90. The van der Waals surface area contributed by atoms with Crippen molar-refractivity contribution in [1.29, 1.82) is 0 Å². The molecule has 0 spiro atoms. The molecule has 0 saturated carbocycles. The van der Waals surface area contributed by atoms with Crippen LogP contribution in [-0.4, -0.2) is 20.7 Å². The number of alkyl halides is 5. The quantitative estimate of drug-likeness (QED) is 0.393. The maximum Gasteiger partial charge on any atom is 0.452 e. The molecule has 0 aliphatic carbocycles. The highest BCUT2D eigenvalue weighted by Crippen LogP contribution is 2.35. The standard InChI is InChI=1S/C20H16F6N4O2/c1-4-7-19(22,23)15-9-14(30(3)29-15)12-6-5-11(8-13(12)21)28-18(31)16-17(20(24,25)26)32-10(2)27-16/h4-6,8-9H,1,7H2,2-3H3,(H,28,31). The van der Waals surface area contributed by atoms with Gasteiger partial charge in [0.2, 0.25) is 5.76 Å². The van der Waals surface area contributed by atoms with Gasteiger partial charge in [0.15, 0.2) is 11.6 Å². The number of carbonyl (C=O) groups excluding carboxylic acids is 1. The van der Waals surface area contributed by atoms with E-state index in [-0.39, 0.29) is 22.8 Å². The van der Waals surface area contributed by atoms with Crippen molar-refractivity contribution >= 4 is 11.6 Å². The molecule has 0 bridgehead atoms. The predicted octanol–water partition coefficient (Wildman–Crippen LogP) is 5.46. The molecule has 0 aliphatic heterocycles. The van der Waals surface area contributed by atoms with Gasteiger partial charge in [-0.25, -0.2) is 9.37 Å². The molecule has 6 nitrogen and oxygen atoms in total. The number of halogens is 6. The molecule has 1 aromatic carbocycles. The summed E-state index contributed by atoms with van der Waals surface area (Å²) in [5, 5.41) is 5.83. The van der Waals surface area contributed by atoms with Crippen molar-refractivity contribution < 1.29 is 35.6 Å². The Hall–Kier alpha value is -3.57. The molecular formula is C20H16F6N4O2. The molecule has 1 N–H and O–H groups in total. The van der Waals surface area contributed by atoms with Crippen molar-refractivity contribution in [1.82, 2.24) is 14.8 Å². The van der Waals surface area contributed by atoms with E-state index in [0.717, 1.165) is 29.8 Å². The van der Waals surface area contributed by atoms with E-state index in [1.165, 1.54) is 19.2 Å². The van der Waals surface area contributed by atoms with Crippen molar-refractivity contribution in [2.45, 2.75) is 25.4 Å². The van der Waals surface area contributed by atoms with Crippen LogP contribution in [0.5, 0.6) is 0 Å². The van der Waals surface area contributed by atoms with Gasteiger partial charge in [0.25, 0.3) is 11.8 Å². The predicted molar refractivity (Wildman–Crippen MR) is 102 cm³/mol. The number of amides is 1. The molecule has 0 aliphatic rings. The van der Waals surface area contributed by atoms with Crippen molar-refractivity contribution in [3.63, 3.8) is 0 Å². The highest BCUT2D eigenvalue weighted by molar-refractivity contribution is 6.03. The van der Waals surface area contributed by atoms with Crippen LogP contribution in [0.2, 0.25) is 0 Å². The molecule has 3 rings (SSSR count). The highest BCUT2D eigenvalue weighted by atomic mass is 19.4. The Labute approximate surface area is 177 Å². The number of hydrogen-bond acceptors (Lipinski definition) is 4. The summed E-state index contributed by atoms with van der Waals surface area (Å²) in [6, 6.07) is 4.23. The van der Waals surface area contributed by atoms with Gasteiger partial charge < -0.3 is 9.73 Å². The number of aryl methyl sites for hydroxylation is 2. The summed E-state index contributed by atoms with van der Waals surface area (Å²) in [7, 11) is 1.35. The van der Waals surface area contributed by atoms with Gasteiger partial charge in [0, 0.05) is 31.6 Å². The second-order valence-electron chi connectivity index (χ2n) is 6.79. The van der Waals surface area contributed by atoms with Gasteiger partial charge in [-0.05, 0) is 24.3 Å². The molecule has 0 radical (unpaired) electrons. The van der Waals surface area contributed by atoms with E-state index in [0.29, 0.717) is 0 Å². The zero-order chi connectivity index (χ0) is 23.8. The van der Waals surface area contributed by atoms with E-state index in [1.807, 2.05) is 0 Å². The zero-order valence-electron chi connectivity index (χ0n) is 16.7. The van der Waals surface area contributed by atoms with Crippen molar-refractivity contribution in [3.8, 4) is 11.3 Å². The van der Waals surface area contributed by atoms with Gasteiger partial charge in [-0.3, -0.25) is 9.48 Å². The number of hydrogen-bond donors (Lipinski definition) is 1. The number of aromatic nitrogens is 3. The Balaban J connectivity index is 1.88. The number of nitrogens with one attached hydrogen (secondary N) is 1. The van der Waals surface area contributed by atoms with E-state index < -0.39 is 47.4 Å². The smallest absolute Gasteiger partial charge is 0.436 e. The third-order valence-electron chi connectivity index (χ3n) is 4.36. The second kappa shape index (κ2) is 8.17. The van der Waals surface area contributed by atoms with Crippen LogP contribution in [0.15, 0.2) is 41.3 Å². The molecule has 0 saturated heterocycles. The molecule has 0 unspecified atom stereocenters. The Morgan fingerprint density at radius 1 is 1.25 bits per heavy atom. The van der Waals surface area contributed by atoms with Gasteiger partial charge in [-0.1, -0.05) is 6.08 Å². The number of benzene rings is 1.